The fraction of sp³-hybridized carbons (Fsp3) is 0.150. The fourth-order valence-electron chi connectivity index (χ4n) is 7.18. The van der Waals surface area contributed by atoms with E-state index < -0.39 is 0 Å². The molecule has 244 valence electrons. The van der Waals surface area contributed by atoms with Gasteiger partial charge in [-0.3, -0.25) is 19.4 Å². The molecule has 4 heterocycles. The average molecular weight is 653 g/mol. The van der Waals surface area contributed by atoms with Crippen LogP contribution < -0.4 is 23.7 Å². The molecule has 0 radical (unpaired) electrons. The number of nitrogens with zero attached hydrogens (tertiary/aromatic N) is 2. The number of carbonyl (C=O) groups is 2. The second kappa shape index (κ2) is 11.2. The second-order valence-electron chi connectivity index (χ2n) is 12.0. The molecule has 2 amide bonds. The summed E-state index contributed by atoms with van der Waals surface area (Å²) in [6.07, 6.45) is 3.63. The third-order valence-corrected chi connectivity index (χ3v) is 9.50. The van der Waals surface area contributed by atoms with Crippen LogP contribution in [-0.2, 0) is 9.59 Å². The summed E-state index contributed by atoms with van der Waals surface area (Å²) in [4.78, 5) is 32.6. The van der Waals surface area contributed by atoms with Gasteiger partial charge in [0.1, 0.15) is 17.2 Å². The van der Waals surface area contributed by atoms with Crippen molar-refractivity contribution < 1.29 is 33.3 Å². The number of benzene rings is 4. The summed E-state index contributed by atoms with van der Waals surface area (Å²) in [6, 6.07) is 23.0. The van der Waals surface area contributed by atoms with E-state index in [-0.39, 0.29) is 11.8 Å². The van der Waals surface area contributed by atoms with Gasteiger partial charge in [0.25, 0.3) is 11.8 Å². The van der Waals surface area contributed by atoms with E-state index in [9.17, 15) is 9.59 Å². The van der Waals surface area contributed by atoms with Gasteiger partial charge in [0.2, 0.25) is 0 Å². The molecule has 0 spiro atoms. The molecular weight excluding hydrogens is 620 g/mol. The van der Waals surface area contributed by atoms with Crippen molar-refractivity contribution in [3.63, 3.8) is 0 Å². The van der Waals surface area contributed by atoms with Crippen LogP contribution in [0.4, 0.5) is 0 Å². The molecule has 0 aliphatic carbocycles. The summed E-state index contributed by atoms with van der Waals surface area (Å²) in [5.74, 6) is 2.40. The number of aryl methyl sites for hydroxylation is 1. The standard InChI is InChI=1S/C40H32N2O7/c1-21-13-26-28(17-32(21)47-4)37-35-36(40(44)41(37)19-30(26)22-9-7-11-24(14-22)45-2)38-29-18-34(49-6)33(48-5)16-27(29)31(20-42(38)39(35)43)23-10-8-12-25(15-23)46-3/h7-20H,1-6H3. The Labute approximate surface area is 283 Å². The van der Waals surface area contributed by atoms with Crippen LogP contribution in [0.15, 0.2) is 96.3 Å². The zero-order chi connectivity index (χ0) is 34.1. The van der Waals surface area contributed by atoms with E-state index >= 15 is 0 Å². The van der Waals surface area contributed by atoms with Crippen LogP contribution in [0.2, 0.25) is 0 Å². The minimum atomic E-state index is -0.305. The lowest BCUT2D eigenvalue weighted by Crippen LogP contribution is -2.28. The Morgan fingerprint density at radius 3 is 1.37 bits per heavy atom. The summed E-state index contributed by atoms with van der Waals surface area (Å²) in [5, 5.41) is 0. The van der Waals surface area contributed by atoms with Crippen molar-refractivity contribution >= 4 is 34.4 Å². The highest BCUT2D eigenvalue weighted by Gasteiger charge is 2.51. The Bertz CT molecular complexity index is 2280. The SMILES string of the molecule is COc1cccc(C2=CN3C(=O)C4=C5c6cc(OC)c(OC)cc6C(c6cccc(OC)c6)=CN5C(=O)C4=C3c3cc(OC)c(C)cc32)c1. The summed E-state index contributed by atoms with van der Waals surface area (Å²) in [6.45, 7) is 1.98. The van der Waals surface area contributed by atoms with Crippen LogP contribution in [0.25, 0.3) is 22.5 Å². The lowest BCUT2D eigenvalue weighted by molar-refractivity contribution is -0.122. The fourth-order valence-corrected chi connectivity index (χ4v) is 7.18. The largest absolute Gasteiger partial charge is 0.497 e. The minimum absolute atomic E-state index is 0.305. The summed E-state index contributed by atoms with van der Waals surface area (Å²) >= 11 is 0. The molecule has 0 unspecified atom stereocenters. The summed E-state index contributed by atoms with van der Waals surface area (Å²) in [7, 11) is 7.99. The van der Waals surface area contributed by atoms with E-state index in [2.05, 4.69) is 0 Å². The van der Waals surface area contributed by atoms with Gasteiger partial charge in [0.05, 0.1) is 58.1 Å². The number of carbonyl (C=O) groups excluding carboxylic acids is 2. The van der Waals surface area contributed by atoms with Crippen molar-refractivity contribution in [1.82, 2.24) is 9.80 Å². The van der Waals surface area contributed by atoms with Gasteiger partial charge in [0.15, 0.2) is 11.5 Å². The van der Waals surface area contributed by atoms with Crippen LogP contribution in [0.1, 0.15) is 38.9 Å². The van der Waals surface area contributed by atoms with Crippen molar-refractivity contribution in [2.24, 2.45) is 0 Å². The van der Waals surface area contributed by atoms with Crippen LogP contribution in [0.5, 0.6) is 28.7 Å². The molecule has 4 aliphatic rings. The average Bonchev–Trinajstić information content (AvgIpc) is 3.60. The molecular formula is C40H32N2O7. The van der Waals surface area contributed by atoms with Gasteiger partial charge in [-0.1, -0.05) is 24.3 Å². The Balaban J connectivity index is 1.41. The maximum absolute atomic E-state index is 14.7. The first-order valence-corrected chi connectivity index (χ1v) is 15.7. The third-order valence-electron chi connectivity index (χ3n) is 9.50. The highest BCUT2D eigenvalue weighted by atomic mass is 16.5. The molecule has 8 rings (SSSR count). The second-order valence-corrected chi connectivity index (χ2v) is 12.0. The number of hydrogen-bond donors (Lipinski definition) is 0. The lowest BCUT2D eigenvalue weighted by atomic mass is 9.87. The number of hydrogen-bond acceptors (Lipinski definition) is 7. The minimum Gasteiger partial charge on any atom is -0.497 e. The number of ether oxygens (including phenoxy) is 5. The first kappa shape index (κ1) is 30.1. The molecule has 4 aliphatic heterocycles. The first-order chi connectivity index (χ1) is 23.8. The molecule has 0 bridgehead atoms. The zero-order valence-corrected chi connectivity index (χ0v) is 27.8. The quantitative estimate of drug-likeness (QED) is 0.221. The van der Waals surface area contributed by atoms with Gasteiger partial charge in [0, 0.05) is 34.7 Å². The Morgan fingerprint density at radius 2 is 0.918 bits per heavy atom. The molecule has 0 fully saturated rings. The monoisotopic (exact) mass is 652 g/mol. The molecule has 0 aromatic heterocycles. The van der Waals surface area contributed by atoms with Crippen molar-refractivity contribution in [1.29, 1.82) is 0 Å². The zero-order valence-electron chi connectivity index (χ0n) is 27.8. The number of rotatable bonds is 7. The van der Waals surface area contributed by atoms with E-state index in [1.165, 1.54) is 0 Å². The van der Waals surface area contributed by atoms with Crippen LogP contribution in [-0.4, -0.2) is 57.2 Å². The molecule has 0 atom stereocenters. The smallest absolute Gasteiger partial charge is 0.265 e. The van der Waals surface area contributed by atoms with Gasteiger partial charge in [-0.05, 0) is 83.3 Å². The predicted octanol–water partition coefficient (Wildman–Crippen LogP) is 6.65. The lowest BCUT2D eigenvalue weighted by Gasteiger charge is -2.31. The van der Waals surface area contributed by atoms with Crippen LogP contribution >= 0.6 is 0 Å². The van der Waals surface area contributed by atoms with E-state index in [1.54, 1.807) is 51.5 Å². The van der Waals surface area contributed by atoms with E-state index in [1.807, 2.05) is 85.9 Å². The summed E-state index contributed by atoms with van der Waals surface area (Å²) in [5.41, 5.74) is 8.93. The van der Waals surface area contributed by atoms with Crippen molar-refractivity contribution in [3.05, 3.63) is 135 Å². The maximum atomic E-state index is 14.7. The van der Waals surface area contributed by atoms with E-state index in [0.29, 0.717) is 56.9 Å². The normalized spacial score (nSPS) is 15.6. The molecule has 4 aromatic rings. The van der Waals surface area contributed by atoms with Gasteiger partial charge in [-0.25, -0.2) is 0 Å². The molecule has 0 saturated heterocycles. The van der Waals surface area contributed by atoms with Crippen molar-refractivity contribution in [3.8, 4) is 28.7 Å². The molecule has 0 saturated carbocycles. The van der Waals surface area contributed by atoms with Crippen molar-refractivity contribution in [2.45, 2.75) is 6.92 Å². The topological polar surface area (TPSA) is 86.8 Å². The highest BCUT2D eigenvalue weighted by molar-refractivity contribution is 6.32. The molecule has 9 heteroatoms. The van der Waals surface area contributed by atoms with Gasteiger partial charge < -0.3 is 23.7 Å². The molecule has 9 nitrogen and oxygen atoms in total. The molecule has 49 heavy (non-hydrogen) atoms. The first-order valence-electron chi connectivity index (χ1n) is 15.7. The van der Waals surface area contributed by atoms with Gasteiger partial charge in [-0.2, -0.15) is 0 Å². The Hall–Kier alpha value is -6.22. The van der Waals surface area contributed by atoms with Gasteiger partial charge in [-0.15, -0.1) is 0 Å². The highest BCUT2D eigenvalue weighted by Crippen LogP contribution is 2.55. The Kier molecular flexibility index (Phi) is 6.88. The number of amides is 2. The van der Waals surface area contributed by atoms with E-state index in [4.69, 9.17) is 23.7 Å². The Morgan fingerprint density at radius 1 is 0.490 bits per heavy atom. The number of methoxy groups -OCH3 is 5. The third kappa shape index (κ3) is 4.32. The molecule has 0 N–H and O–H groups in total. The van der Waals surface area contributed by atoms with Crippen molar-refractivity contribution in [2.75, 3.05) is 35.5 Å². The van der Waals surface area contributed by atoms with Crippen LogP contribution in [0.3, 0.4) is 0 Å². The maximum Gasteiger partial charge on any atom is 0.265 e. The molecule has 4 aromatic carbocycles. The van der Waals surface area contributed by atoms with E-state index in [0.717, 1.165) is 44.5 Å². The van der Waals surface area contributed by atoms with Gasteiger partial charge >= 0.3 is 0 Å². The number of fused-ring (bicyclic) bond motifs is 7. The van der Waals surface area contributed by atoms with Crippen LogP contribution in [0, 0.1) is 6.92 Å². The predicted molar refractivity (Wildman–Crippen MR) is 185 cm³/mol. The summed E-state index contributed by atoms with van der Waals surface area (Å²) < 4.78 is 28.2.